The maximum atomic E-state index is 4.77. The number of aryl methyl sites for hydroxylation is 2. The lowest BCUT2D eigenvalue weighted by atomic mass is 9.95. The van der Waals surface area contributed by atoms with E-state index < -0.39 is 0 Å². The largest absolute Gasteiger partial charge is 0.306 e. The Bertz CT molecular complexity index is 362. The molecule has 1 atom stereocenters. The van der Waals surface area contributed by atoms with Gasteiger partial charge in [-0.25, -0.2) is 4.98 Å². The van der Waals surface area contributed by atoms with Crippen molar-refractivity contribution in [1.29, 1.82) is 0 Å². The molecule has 1 N–H and O–H groups in total. The lowest BCUT2D eigenvalue weighted by Gasteiger charge is -2.29. The van der Waals surface area contributed by atoms with Gasteiger partial charge in [0.25, 0.3) is 0 Å². The summed E-state index contributed by atoms with van der Waals surface area (Å²) in [6.45, 7) is 9.93. The quantitative estimate of drug-likeness (QED) is 0.833. The molecule has 1 aliphatic carbocycles. The molecule has 1 aromatic heterocycles. The van der Waals surface area contributed by atoms with Crippen molar-refractivity contribution in [1.82, 2.24) is 10.3 Å². The number of rotatable bonds is 6. The lowest BCUT2D eigenvalue weighted by molar-refractivity contribution is 0.322. The molecule has 0 spiro atoms. The second-order valence-electron chi connectivity index (χ2n) is 5.57. The Kier molecular flexibility index (Phi) is 3.88. The van der Waals surface area contributed by atoms with E-state index in [4.69, 9.17) is 4.98 Å². The molecule has 3 heteroatoms. The summed E-state index contributed by atoms with van der Waals surface area (Å²) < 4.78 is 0. The van der Waals surface area contributed by atoms with Crippen molar-refractivity contribution in [3.8, 4) is 0 Å². The van der Waals surface area contributed by atoms with E-state index in [-0.39, 0.29) is 5.54 Å². The molecule has 0 amide bonds. The molecule has 1 aromatic rings. The van der Waals surface area contributed by atoms with Gasteiger partial charge in [0.05, 0.1) is 11.2 Å². The van der Waals surface area contributed by atoms with E-state index in [1.807, 2.05) is 11.3 Å². The second kappa shape index (κ2) is 5.07. The molecule has 17 heavy (non-hydrogen) atoms. The number of hydrogen-bond donors (Lipinski definition) is 1. The number of nitrogens with one attached hydrogen (secondary N) is 1. The van der Waals surface area contributed by atoms with Gasteiger partial charge < -0.3 is 5.32 Å². The Labute approximate surface area is 109 Å². The zero-order valence-electron chi connectivity index (χ0n) is 11.5. The molecular weight excluding hydrogens is 228 g/mol. The summed E-state index contributed by atoms with van der Waals surface area (Å²) in [5.74, 6) is 0.925. The Morgan fingerprint density at radius 1 is 1.41 bits per heavy atom. The molecule has 1 unspecified atom stereocenters. The highest BCUT2D eigenvalue weighted by atomic mass is 32.1. The molecule has 0 radical (unpaired) electrons. The van der Waals surface area contributed by atoms with Gasteiger partial charge in [0.15, 0.2) is 0 Å². The van der Waals surface area contributed by atoms with Gasteiger partial charge in [-0.1, -0.05) is 19.8 Å². The van der Waals surface area contributed by atoms with Crippen molar-refractivity contribution in [2.75, 3.05) is 6.54 Å². The van der Waals surface area contributed by atoms with Gasteiger partial charge >= 0.3 is 0 Å². The molecule has 0 saturated heterocycles. The van der Waals surface area contributed by atoms with Crippen LogP contribution < -0.4 is 5.32 Å². The summed E-state index contributed by atoms with van der Waals surface area (Å²) in [5.41, 5.74) is 1.30. The van der Waals surface area contributed by atoms with E-state index in [0.29, 0.717) is 0 Å². The van der Waals surface area contributed by atoms with Gasteiger partial charge in [-0.3, -0.25) is 0 Å². The summed E-state index contributed by atoms with van der Waals surface area (Å²) in [6, 6.07) is 0. The SMILES string of the molecule is CCCNC(C)(CC1CC1)c1nc(C)c(C)s1. The van der Waals surface area contributed by atoms with Crippen molar-refractivity contribution in [2.24, 2.45) is 5.92 Å². The van der Waals surface area contributed by atoms with E-state index in [1.165, 1.54) is 41.3 Å². The molecule has 1 heterocycles. The standard InChI is InChI=1S/C14H24N2S/c1-5-8-15-14(4,9-12-6-7-12)13-16-10(2)11(3)17-13/h12,15H,5-9H2,1-4H3. The van der Waals surface area contributed by atoms with Crippen LogP contribution in [0.4, 0.5) is 0 Å². The molecular formula is C14H24N2S. The predicted octanol–water partition coefficient (Wildman–Crippen LogP) is 3.77. The summed E-state index contributed by atoms with van der Waals surface area (Å²) in [7, 11) is 0. The normalized spacial score (nSPS) is 19.3. The van der Waals surface area contributed by atoms with Crippen LogP contribution in [0.5, 0.6) is 0 Å². The molecule has 2 rings (SSSR count). The van der Waals surface area contributed by atoms with Crippen LogP contribution >= 0.6 is 11.3 Å². The molecule has 1 saturated carbocycles. The lowest BCUT2D eigenvalue weighted by Crippen LogP contribution is -2.40. The van der Waals surface area contributed by atoms with Crippen LogP contribution in [-0.4, -0.2) is 11.5 Å². The minimum absolute atomic E-state index is 0.0981. The van der Waals surface area contributed by atoms with E-state index in [9.17, 15) is 0 Å². The zero-order valence-corrected chi connectivity index (χ0v) is 12.3. The third kappa shape index (κ3) is 3.08. The Hall–Kier alpha value is -0.410. The van der Waals surface area contributed by atoms with Crippen LogP contribution in [0.15, 0.2) is 0 Å². The molecule has 2 nitrogen and oxygen atoms in total. The maximum Gasteiger partial charge on any atom is 0.113 e. The van der Waals surface area contributed by atoms with Crippen LogP contribution in [0.3, 0.4) is 0 Å². The third-order valence-corrected chi connectivity index (χ3v) is 5.00. The first-order valence-electron chi connectivity index (χ1n) is 6.74. The van der Waals surface area contributed by atoms with Crippen LogP contribution in [0, 0.1) is 19.8 Å². The summed E-state index contributed by atoms with van der Waals surface area (Å²) in [6.07, 6.45) is 5.25. The highest BCUT2D eigenvalue weighted by molar-refractivity contribution is 7.11. The predicted molar refractivity (Wildman–Crippen MR) is 74.6 cm³/mol. The zero-order chi connectivity index (χ0) is 12.5. The smallest absolute Gasteiger partial charge is 0.113 e. The second-order valence-corrected chi connectivity index (χ2v) is 6.77. The number of hydrogen-bond acceptors (Lipinski definition) is 3. The number of aromatic nitrogens is 1. The van der Waals surface area contributed by atoms with Crippen LogP contribution in [0.1, 0.15) is 55.1 Å². The van der Waals surface area contributed by atoms with Gasteiger partial charge in [0.1, 0.15) is 5.01 Å². The average Bonchev–Trinajstić information content (AvgIpc) is 3.02. The van der Waals surface area contributed by atoms with Crippen LogP contribution in [0.2, 0.25) is 0 Å². The number of nitrogens with zero attached hydrogens (tertiary/aromatic N) is 1. The Balaban J connectivity index is 2.17. The summed E-state index contributed by atoms with van der Waals surface area (Å²) in [4.78, 5) is 6.13. The average molecular weight is 252 g/mol. The van der Waals surface area contributed by atoms with E-state index in [2.05, 4.69) is 33.0 Å². The van der Waals surface area contributed by atoms with Gasteiger partial charge in [-0.05, 0) is 46.1 Å². The van der Waals surface area contributed by atoms with Crippen molar-refractivity contribution < 1.29 is 0 Å². The fraction of sp³-hybridized carbons (Fsp3) is 0.786. The Morgan fingerprint density at radius 2 is 2.12 bits per heavy atom. The molecule has 0 aliphatic heterocycles. The van der Waals surface area contributed by atoms with Gasteiger partial charge in [-0.2, -0.15) is 0 Å². The monoisotopic (exact) mass is 252 g/mol. The first-order valence-corrected chi connectivity index (χ1v) is 7.56. The summed E-state index contributed by atoms with van der Waals surface area (Å²) in [5, 5.41) is 5.01. The molecule has 1 fully saturated rings. The van der Waals surface area contributed by atoms with E-state index >= 15 is 0 Å². The van der Waals surface area contributed by atoms with Crippen molar-refractivity contribution in [3.05, 3.63) is 15.6 Å². The highest BCUT2D eigenvalue weighted by Crippen LogP contribution is 2.41. The molecule has 96 valence electrons. The Morgan fingerprint density at radius 3 is 2.59 bits per heavy atom. The first kappa shape index (κ1) is 13.0. The fourth-order valence-corrected chi connectivity index (χ4v) is 3.29. The number of thiazole rings is 1. The fourth-order valence-electron chi connectivity index (χ4n) is 2.24. The molecule has 0 bridgehead atoms. The topological polar surface area (TPSA) is 24.9 Å². The molecule has 0 aromatic carbocycles. The maximum absolute atomic E-state index is 4.77. The first-order chi connectivity index (χ1) is 8.05. The van der Waals surface area contributed by atoms with Gasteiger partial charge in [0.2, 0.25) is 0 Å². The van der Waals surface area contributed by atoms with Crippen LogP contribution in [0.25, 0.3) is 0 Å². The van der Waals surface area contributed by atoms with Gasteiger partial charge in [0, 0.05) is 4.88 Å². The highest BCUT2D eigenvalue weighted by Gasteiger charge is 2.36. The third-order valence-electron chi connectivity index (χ3n) is 3.66. The van der Waals surface area contributed by atoms with Crippen molar-refractivity contribution in [2.45, 2.75) is 58.9 Å². The van der Waals surface area contributed by atoms with Crippen LogP contribution in [-0.2, 0) is 5.54 Å². The van der Waals surface area contributed by atoms with Gasteiger partial charge in [-0.15, -0.1) is 11.3 Å². The van der Waals surface area contributed by atoms with Crippen molar-refractivity contribution >= 4 is 11.3 Å². The minimum Gasteiger partial charge on any atom is -0.306 e. The minimum atomic E-state index is 0.0981. The van der Waals surface area contributed by atoms with Crippen molar-refractivity contribution in [3.63, 3.8) is 0 Å². The molecule has 1 aliphatic rings. The van der Waals surface area contributed by atoms with E-state index in [0.717, 1.165) is 12.5 Å². The summed E-state index contributed by atoms with van der Waals surface area (Å²) >= 11 is 1.87. The van der Waals surface area contributed by atoms with E-state index in [1.54, 1.807) is 0 Å².